The van der Waals surface area contributed by atoms with Crippen LogP contribution in [0.25, 0.3) is 0 Å². The number of imide groups is 1. The normalized spacial score (nSPS) is 41.6. The lowest BCUT2D eigenvalue weighted by Crippen LogP contribution is -2.47. The molecule has 0 aliphatic carbocycles. The Morgan fingerprint density at radius 2 is 2.29 bits per heavy atom. The molecule has 0 aromatic heterocycles. The number of rotatable bonds is 1. The molecule has 2 rings (SSSR count). The summed E-state index contributed by atoms with van der Waals surface area (Å²) >= 11 is 0. The summed E-state index contributed by atoms with van der Waals surface area (Å²) in [6, 6.07) is -0.652. The number of ether oxygens (including phenoxy) is 1. The second-order valence-corrected chi connectivity index (χ2v) is 3.35. The Hall–Kier alpha value is -1.18. The molecule has 2 aliphatic heterocycles. The average Bonchev–Trinajstić information content (AvgIpc) is 2.55. The molecule has 2 heterocycles. The lowest BCUT2D eigenvalue weighted by molar-refractivity contribution is -0.145. The molecule has 78 valence electrons. The maximum atomic E-state index is 11.3. The average molecular weight is 202 g/mol. The second kappa shape index (κ2) is 2.91. The van der Waals surface area contributed by atoms with E-state index in [0.717, 1.165) is 0 Å². The minimum absolute atomic E-state index is 0.0458. The minimum atomic E-state index is -1.50. The Morgan fingerprint density at radius 1 is 1.57 bits per heavy atom. The molecule has 0 aromatic rings. The summed E-state index contributed by atoms with van der Waals surface area (Å²) in [5, 5.41) is 22.5. The number of urea groups is 1. The van der Waals surface area contributed by atoms with Gasteiger partial charge in [-0.05, 0) is 0 Å². The lowest BCUT2D eigenvalue weighted by atomic mass is 10.1. The summed E-state index contributed by atoms with van der Waals surface area (Å²) in [5.41, 5.74) is -1.50. The number of amides is 3. The van der Waals surface area contributed by atoms with Gasteiger partial charge in [0, 0.05) is 6.42 Å². The van der Waals surface area contributed by atoms with E-state index < -0.39 is 36.5 Å². The first-order valence-corrected chi connectivity index (χ1v) is 4.18. The monoisotopic (exact) mass is 202 g/mol. The van der Waals surface area contributed by atoms with E-state index in [2.05, 4.69) is 5.32 Å². The van der Waals surface area contributed by atoms with Gasteiger partial charge in [-0.3, -0.25) is 10.1 Å². The van der Waals surface area contributed by atoms with E-state index in [0.29, 0.717) is 0 Å². The van der Waals surface area contributed by atoms with Crippen LogP contribution in [-0.2, 0) is 9.53 Å². The maximum absolute atomic E-state index is 11.3. The van der Waals surface area contributed by atoms with Crippen LogP contribution in [0.15, 0.2) is 0 Å². The van der Waals surface area contributed by atoms with Crippen molar-refractivity contribution in [2.75, 3.05) is 6.61 Å². The Labute approximate surface area is 79.0 Å². The first-order valence-electron chi connectivity index (χ1n) is 4.18. The van der Waals surface area contributed by atoms with E-state index >= 15 is 0 Å². The Bertz CT molecular complexity index is 294. The molecule has 7 heteroatoms. The second-order valence-electron chi connectivity index (χ2n) is 3.35. The van der Waals surface area contributed by atoms with Crippen molar-refractivity contribution in [2.45, 2.75) is 24.4 Å². The van der Waals surface area contributed by atoms with Crippen LogP contribution in [0.5, 0.6) is 0 Å². The van der Waals surface area contributed by atoms with E-state index in [1.807, 2.05) is 5.32 Å². The molecule has 2 saturated heterocycles. The third kappa shape index (κ3) is 1.17. The van der Waals surface area contributed by atoms with Crippen LogP contribution in [-0.4, -0.2) is 46.7 Å². The van der Waals surface area contributed by atoms with Crippen molar-refractivity contribution in [1.29, 1.82) is 0 Å². The highest BCUT2D eigenvalue weighted by molar-refractivity contribution is 6.06. The quantitative estimate of drug-likeness (QED) is 0.356. The van der Waals surface area contributed by atoms with Gasteiger partial charge in [-0.25, -0.2) is 4.79 Å². The van der Waals surface area contributed by atoms with E-state index in [1.165, 1.54) is 0 Å². The van der Waals surface area contributed by atoms with Crippen LogP contribution in [0.4, 0.5) is 4.79 Å². The molecule has 0 unspecified atom stereocenters. The Kier molecular flexibility index (Phi) is 1.95. The van der Waals surface area contributed by atoms with Gasteiger partial charge in [0.1, 0.15) is 6.10 Å². The zero-order valence-electron chi connectivity index (χ0n) is 7.19. The topological polar surface area (TPSA) is 108 Å². The molecule has 2 fully saturated rings. The smallest absolute Gasteiger partial charge is 0.324 e. The Balaban J connectivity index is 2.20. The summed E-state index contributed by atoms with van der Waals surface area (Å²) in [6.45, 7) is -0.397. The van der Waals surface area contributed by atoms with Crippen molar-refractivity contribution in [1.82, 2.24) is 10.6 Å². The molecule has 3 amide bonds. The minimum Gasteiger partial charge on any atom is -0.394 e. The van der Waals surface area contributed by atoms with Crippen molar-refractivity contribution in [2.24, 2.45) is 0 Å². The zero-order valence-corrected chi connectivity index (χ0v) is 7.19. The third-order valence-electron chi connectivity index (χ3n) is 2.37. The molecular weight excluding hydrogens is 192 g/mol. The summed E-state index contributed by atoms with van der Waals surface area (Å²) < 4.78 is 5.11. The zero-order chi connectivity index (χ0) is 10.3. The molecule has 0 bridgehead atoms. The van der Waals surface area contributed by atoms with Crippen molar-refractivity contribution < 1.29 is 24.5 Å². The highest BCUT2D eigenvalue weighted by Crippen LogP contribution is 2.30. The largest absolute Gasteiger partial charge is 0.394 e. The molecule has 7 nitrogen and oxygen atoms in total. The van der Waals surface area contributed by atoms with Crippen molar-refractivity contribution >= 4 is 11.9 Å². The van der Waals surface area contributed by atoms with Gasteiger partial charge in [0.15, 0.2) is 0 Å². The van der Waals surface area contributed by atoms with E-state index in [-0.39, 0.29) is 6.42 Å². The highest BCUT2D eigenvalue weighted by Gasteiger charge is 2.56. The van der Waals surface area contributed by atoms with Crippen molar-refractivity contribution in [3.8, 4) is 0 Å². The molecular formula is C7H10N2O5. The molecule has 4 N–H and O–H groups in total. The van der Waals surface area contributed by atoms with Crippen LogP contribution in [0.2, 0.25) is 0 Å². The maximum Gasteiger partial charge on any atom is 0.324 e. The van der Waals surface area contributed by atoms with Crippen LogP contribution in [0.3, 0.4) is 0 Å². The van der Waals surface area contributed by atoms with E-state index in [4.69, 9.17) is 9.84 Å². The third-order valence-corrected chi connectivity index (χ3v) is 2.37. The van der Waals surface area contributed by atoms with Gasteiger partial charge in [0.05, 0.1) is 12.7 Å². The van der Waals surface area contributed by atoms with Gasteiger partial charge in [-0.2, -0.15) is 0 Å². The summed E-state index contributed by atoms with van der Waals surface area (Å²) in [7, 11) is 0. The number of carbonyl (C=O) groups is 2. The molecule has 0 saturated carbocycles. The highest BCUT2D eigenvalue weighted by atomic mass is 16.6. The molecule has 2 aliphatic rings. The Morgan fingerprint density at radius 3 is 2.71 bits per heavy atom. The van der Waals surface area contributed by atoms with Gasteiger partial charge in [0.2, 0.25) is 5.72 Å². The van der Waals surface area contributed by atoms with Gasteiger partial charge >= 0.3 is 6.03 Å². The van der Waals surface area contributed by atoms with Gasteiger partial charge in [-0.1, -0.05) is 0 Å². The molecule has 14 heavy (non-hydrogen) atoms. The van der Waals surface area contributed by atoms with Crippen molar-refractivity contribution in [3.05, 3.63) is 0 Å². The number of hydrogen-bond donors (Lipinski definition) is 4. The fraction of sp³-hybridized carbons (Fsp3) is 0.714. The van der Waals surface area contributed by atoms with Gasteiger partial charge in [0.25, 0.3) is 5.91 Å². The van der Waals surface area contributed by atoms with Crippen LogP contribution in [0, 0.1) is 0 Å². The van der Waals surface area contributed by atoms with Gasteiger partial charge < -0.3 is 20.3 Å². The van der Waals surface area contributed by atoms with Crippen LogP contribution < -0.4 is 10.6 Å². The molecule has 1 spiro atoms. The fourth-order valence-electron chi connectivity index (χ4n) is 1.67. The van der Waals surface area contributed by atoms with Crippen molar-refractivity contribution in [3.63, 3.8) is 0 Å². The van der Waals surface area contributed by atoms with Gasteiger partial charge in [-0.15, -0.1) is 0 Å². The van der Waals surface area contributed by atoms with Crippen LogP contribution >= 0.6 is 0 Å². The lowest BCUT2D eigenvalue weighted by Gasteiger charge is -2.19. The molecule has 3 atom stereocenters. The standard InChI is InChI=1S/C7H10N2O5/c10-2-4-3(11)1-7(14-4)5(12)8-6(13)9-7/h3-4,10-11H,1-2H2,(H2,8,9,12,13)/t3-,4+,7+/m0/s1. The number of hydrogen-bond acceptors (Lipinski definition) is 5. The predicted octanol–water partition coefficient (Wildman–Crippen LogP) is -2.34. The number of aliphatic hydroxyl groups excluding tert-OH is 2. The SMILES string of the molecule is O=C1NC(=O)[C@]2(C[C@H](O)[C@@H](CO)O2)N1. The summed E-state index contributed by atoms with van der Waals surface area (Å²) in [5.74, 6) is -0.627. The predicted molar refractivity (Wildman–Crippen MR) is 42.0 cm³/mol. The summed E-state index contributed by atoms with van der Waals surface area (Å²) in [4.78, 5) is 22.2. The first kappa shape index (κ1) is 9.38. The number of aliphatic hydroxyl groups is 2. The van der Waals surface area contributed by atoms with E-state index in [9.17, 15) is 14.7 Å². The fourth-order valence-corrected chi connectivity index (χ4v) is 1.67. The molecule has 0 radical (unpaired) electrons. The van der Waals surface area contributed by atoms with Crippen LogP contribution in [0.1, 0.15) is 6.42 Å². The first-order chi connectivity index (χ1) is 6.57. The number of nitrogens with one attached hydrogen (secondary N) is 2. The van der Waals surface area contributed by atoms with E-state index in [1.54, 1.807) is 0 Å². The molecule has 0 aromatic carbocycles. The number of carbonyl (C=O) groups excluding carboxylic acids is 2. The summed E-state index contributed by atoms with van der Waals surface area (Å²) in [6.07, 6.45) is -1.83.